The average Bonchev–Trinajstić information content (AvgIpc) is 3.06. The van der Waals surface area contributed by atoms with Crippen LogP contribution < -0.4 is 27.1 Å². The third kappa shape index (κ3) is 5.27. The standard InChI is InChI=1S/C21H26N7.2BrH/c1-25-11-13-27(14-12-25)21(22)24-23-15-17-6-8-18(9-7-17)19-16-28-10-4-3-5-20(28)26(19)2;;/h3-10,15-16H,11-14H2,1-2H3,(H2,22,24);2*1H/q+1;;/p-1/b23-15+;;. The number of benzene rings is 1. The van der Waals surface area contributed by atoms with E-state index in [-0.39, 0.29) is 34.0 Å². The van der Waals surface area contributed by atoms with Gasteiger partial charge in [-0.05, 0) is 30.8 Å². The highest BCUT2D eigenvalue weighted by molar-refractivity contribution is 8.93. The van der Waals surface area contributed by atoms with Crippen molar-refractivity contribution < 1.29 is 21.4 Å². The molecule has 0 radical (unpaired) electrons. The van der Waals surface area contributed by atoms with Gasteiger partial charge in [-0.3, -0.25) is 0 Å². The molecule has 2 N–H and O–H groups in total. The van der Waals surface area contributed by atoms with E-state index in [1.165, 1.54) is 0 Å². The Hall–Kier alpha value is -2.23. The summed E-state index contributed by atoms with van der Waals surface area (Å²) in [5, 5.41) is 8.32. The summed E-state index contributed by atoms with van der Waals surface area (Å²) in [4.78, 5) is 4.35. The molecule has 0 spiro atoms. The zero-order chi connectivity index (χ0) is 19.5. The third-order valence-corrected chi connectivity index (χ3v) is 5.23. The summed E-state index contributed by atoms with van der Waals surface area (Å²) in [6.07, 6.45) is 5.94. The lowest BCUT2D eigenvalue weighted by molar-refractivity contribution is -0.510. The molecule has 3 heterocycles. The van der Waals surface area contributed by atoms with Crippen LogP contribution in [0.4, 0.5) is 0 Å². The molecule has 0 atom stereocenters. The largest absolute Gasteiger partial charge is 1.00 e. The first-order chi connectivity index (χ1) is 13.6. The van der Waals surface area contributed by atoms with Gasteiger partial charge in [-0.1, -0.05) is 18.2 Å². The van der Waals surface area contributed by atoms with Gasteiger partial charge >= 0.3 is 0 Å². The van der Waals surface area contributed by atoms with E-state index < -0.39 is 0 Å². The SMILES string of the molecule is Br.CN1CCN(/C(N)=N/N=C/c2ccc(-c3c[n+]4ccccc4n3C)cc2)CC1.[Br-]. The fourth-order valence-corrected chi connectivity index (χ4v) is 3.44. The van der Waals surface area contributed by atoms with E-state index in [4.69, 9.17) is 5.73 Å². The molecule has 30 heavy (non-hydrogen) atoms. The summed E-state index contributed by atoms with van der Waals surface area (Å²) in [5.41, 5.74) is 10.5. The van der Waals surface area contributed by atoms with Gasteiger partial charge in [0.2, 0.25) is 5.96 Å². The Morgan fingerprint density at radius 1 is 1.03 bits per heavy atom. The van der Waals surface area contributed by atoms with Crippen molar-refractivity contribution >= 4 is 34.8 Å². The highest BCUT2D eigenvalue weighted by atomic mass is 79.9. The lowest BCUT2D eigenvalue weighted by Gasteiger charge is -2.32. The average molecular weight is 537 g/mol. The van der Waals surface area contributed by atoms with E-state index in [9.17, 15) is 0 Å². The molecule has 3 aromatic rings. The first-order valence-corrected chi connectivity index (χ1v) is 9.48. The summed E-state index contributed by atoms with van der Waals surface area (Å²) in [7, 11) is 4.19. The van der Waals surface area contributed by atoms with Crippen molar-refractivity contribution in [1.82, 2.24) is 14.4 Å². The molecule has 0 unspecified atom stereocenters. The van der Waals surface area contributed by atoms with E-state index >= 15 is 0 Å². The number of imidazole rings is 1. The Kier molecular flexibility index (Phi) is 8.57. The van der Waals surface area contributed by atoms with Crippen molar-refractivity contribution in [3.8, 4) is 11.3 Å². The molecule has 1 aliphatic heterocycles. The number of aryl methyl sites for hydroxylation is 1. The molecule has 7 nitrogen and oxygen atoms in total. The van der Waals surface area contributed by atoms with Crippen LogP contribution in [0.1, 0.15) is 5.56 Å². The molecule has 1 fully saturated rings. The monoisotopic (exact) mass is 535 g/mol. The van der Waals surface area contributed by atoms with E-state index in [2.05, 4.69) is 73.7 Å². The van der Waals surface area contributed by atoms with E-state index in [0.29, 0.717) is 5.96 Å². The van der Waals surface area contributed by atoms with Crippen LogP contribution in [-0.4, -0.2) is 59.8 Å². The molecule has 1 aromatic carbocycles. The second-order valence-corrected chi connectivity index (χ2v) is 7.15. The van der Waals surface area contributed by atoms with Gasteiger partial charge in [0.05, 0.1) is 19.5 Å². The number of aromatic nitrogens is 2. The first-order valence-electron chi connectivity index (χ1n) is 9.48. The number of fused-ring (bicyclic) bond motifs is 1. The minimum Gasteiger partial charge on any atom is -1.00 e. The topological polar surface area (TPSA) is 66.2 Å². The molecule has 4 rings (SSSR count). The van der Waals surface area contributed by atoms with Gasteiger partial charge in [0, 0.05) is 37.8 Å². The molecule has 160 valence electrons. The van der Waals surface area contributed by atoms with E-state index in [0.717, 1.165) is 48.6 Å². The van der Waals surface area contributed by atoms with Crippen LogP contribution in [0.25, 0.3) is 16.9 Å². The minimum absolute atomic E-state index is 0. The van der Waals surface area contributed by atoms with Gasteiger partial charge in [-0.25, -0.2) is 8.97 Å². The van der Waals surface area contributed by atoms with Crippen LogP contribution in [-0.2, 0) is 7.05 Å². The van der Waals surface area contributed by atoms with Crippen molar-refractivity contribution in [2.45, 2.75) is 0 Å². The lowest BCUT2D eigenvalue weighted by atomic mass is 10.1. The summed E-state index contributed by atoms with van der Waals surface area (Å²) in [5.74, 6) is 0.480. The molecule has 1 aliphatic rings. The maximum atomic E-state index is 6.05. The maximum absolute atomic E-state index is 6.05. The summed E-state index contributed by atoms with van der Waals surface area (Å²) in [6, 6.07) is 14.5. The zero-order valence-corrected chi connectivity index (χ0v) is 20.4. The summed E-state index contributed by atoms with van der Waals surface area (Å²) in [6.45, 7) is 3.76. The van der Waals surface area contributed by atoms with E-state index in [1.807, 2.05) is 24.3 Å². The predicted molar refractivity (Wildman–Crippen MR) is 123 cm³/mol. The van der Waals surface area contributed by atoms with Crippen LogP contribution in [0.5, 0.6) is 0 Å². The van der Waals surface area contributed by atoms with Gasteiger partial charge in [0.25, 0.3) is 5.65 Å². The number of pyridine rings is 1. The van der Waals surface area contributed by atoms with Gasteiger partial charge < -0.3 is 32.5 Å². The molecule has 0 saturated carbocycles. The normalized spacial score (nSPS) is 15.3. The molecule has 0 amide bonds. The van der Waals surface area contributed by atoms with Crippen molar-refractivity contribution in [2.75, 3.05) is 33.2 Å². The van der Waals surface area contributed by atoms with Crippen molar-refractivity contribution in [1.29, 1.82) is 0 Å². The minimum atomic E-state index is 0. The number of piperazine rings is 1. The van der Waals surface area contributed by atoms with Crippen LogP contribution in [0.15, 0.2) is 65.1 Å². The first kappa shape index (κ1) is 24.0. The third-order valence-electron chi connectivity index (χ3n) is 5.23. The van der Waals surface area contributed by atoms with Crippen LogP contribution in [0, 0.1) is 0 Å². The second kappa shape index (κ2) is 10.7. The number of halogens is 2. The number of likely N-dealkylation sites (N-methyl/N-ethyl adjacent to an activating group) is 1. The predicted octanol–water partition coefficient (Wildman–Crippen LogP) is -1.09. The number of hydrogen-bond acceptors (Lipinski definition) is 3. The fraction of sp³-hybridized carbons (Fsp3) is 0.286. The second-order valence-electron chi connectivity index (χ2n) is 7.15. The number of nitrogens with two attached hydrogens (primary N) is 1. The van der Waals surface area contributed by atoms with Gasteiger partial charge in [0.1, 0.15) is 6.20 Å². The summed E-state index contributed by atoms with van der Waals surface area (Å²) >= 11 is 0. The Balaban J connectivity index is 0.00000160. The van der Waals surface area contributed by atoms with Crippen molar-refractivity contribution in [3.63, 3.8) is 0 Å². The van der Waals surface area contributed by atoms with Gasteiger partial charge in [0.15, 0.2) is 5.69 Å². The number of guanidine groups is 1. The molecule has 0 bridgehead atoms. The Bertz CT molecular complexity index is 1020. The summed E-state index contributed by atoms with van der Waals surface area (Å²) < 4.78 is 4.31. The lowest BCUT2D eigenvalue weighted by Crippen LogP contribution is -3.00. The molecule has 1 saturated heterocycles. The van der Waals surface area contributed by atoms with Crippen LogP contribution >= 0.6 is 17.0 Å². The highest BCUT2D eigenvalue weighted by Gasteiger charge is 2.16. The molecule has 9 heteroatoms. The molecular formula is C21H27Br2N7. The van der Waals surface area contributed by atoms with Crippen molar-refractivity contribution in [2.24, 2.45) is 23.0 Å². The highest BCUT2D eigenvalue weighted by Crippen LogP contribution is 2.19. The van der Waals surface area contributed by atoms with Gasteiger partial charge in [-0.15, -0.1) is 22.1 Å². The van der Waals surface area contributed by atoms with Gasteiger partial charge in [-0.2, -0.15) is 5.10 Å². The van der Waals surface area contributed by atoms with Crippen LogP contribution in [0.2, 0.25) is 0 Å². The quantitative estimate of drug-likeness (QED) is 0.200. The number of nitrogens with zero attached hydrogens (tertiary/aromatic N) is 6. The van der Waals surface area contributed by atoms with E-state index in [1.54, 1.807) is 6.21 Å². The van der Waals surface area contributed by atoms with Crippen LogP contribution in [0.3, 0.4) is 0 Å². The molecular weight excluding hydrogens is 510 g/mol. The van der Waals surface area contributed by atoms with Crippen molar-refractivity contribution in [3.05, 3.63) is 60.4 Å². The number of rotatable bonds is 3. The molecule has 2 aromatic heterocycles. The number of hydrogen-bond donors (Lipinski definition) is 1. The molecule has 0 aliphatic carbocycles. The maximum Gasteiger partial charge on any atom is 0.286 e. The fourth-order valence-electron chi connectivity index (χ4n) is 3.44. The zero-order valence-electron chi connectivity index (χ0n) is 17.1. The Labute approximate surface area is 198 Å². The smallest absolute Gasteiger partial charge is 0.286 e. The Morgan fingerprint density at radius 3 is 2.40 bits per heavy atom. The Morgan fingerprint density at radius 2 is 1.73 bits per heavy atom.